The summed E-state index contributed by atoms with van der Waals surface area (Å²) in [7, 11) is 0. The van der Waals surface area contributed by atoms with Gasteiger partial charge < -0.3 is 19.3 Å². The lowest BCUT2D eigenvalue weighted by Gasteiger charge is -2.46. The molecule has 0 saturated carbocycles. The van der Waals surface area contributed by atoms with Crippen LogP contribution in [0.2, 0.25) is 0 Å². The molecule has 0 spiro atoms. The Kier molecular flexibility index (Phi) is 7.99. The van der Waals surface area contributed by atoms with Gasteiger partial charge in [0.15, 0.2) is 12.4 Å². The van der Waals surface area contributed by atoms with Gasteiger partial charge in [0, 0.05) is 18.1 Å². The predicted molar refractivity (Wildman–Crippen MR) is 124 cm³/mol. The van der Waals surface area contributed by atoms with Gasteiger partial charge in [-0.05, 0) is 48.6 Å². The molecule has 1 N–H and O–H groups in total. The predicted octanol–water partition coefficient (Wildman–Crippen LogP) is 5.53. The number of carbonyl (C=O) groups excluding carboxylic acids is 1. The van der Waals surface area contributed by atoms with E-state index in [1.165, 1.54) is 12.1 Å². The summed E-state index contributed by atoms with van der Waals surface area (Å²) < 4.78 is 55.1. The van der Waals surface area contributed by atoms with Gasteiger partial charge >= 0.3 is 12.1 Å². The summed E-state index contributed by atoms with van der Waals surface area (Å²) in [4.78, 5) is 24.6. The van der Waals surface area contributed by atoms with Crippen LogP contribution in [-0.4, -0.2) is 49.0 Å². The lowest BCUT2D eigenvalue weighted by molar-refractivity contribution is -0.153. The van der Waals surface area contributed by atoms with Crippen molar-refractivity contribution in [3.8, 4) is 11.5 Å². The fraction of sp³-hybridized carbons (Fsp3) is 0.538. The van der Waals surface area contributed by atoms with Crippen molar-refractivity contribution >= 4 is 17.3 Å². The number of benzene rings is 1. The van der Waals surface area contributed by atoms with Gasteiger partial charge in [-0.15, -0.1) is 0 Å². The number of fused-ring (bicyclic) bond motifs is 1. The van der Waals surface area contributed by atoms with Gasteiger partial charge in [0.25, 0.3) is 0 Å². The first-order valence-corrected chi connectivity index (χ1v) is 11.7. The number of rotatable bonds is 10. The third-order valence-electron chi connectivity index (χ3n) is 6.38. The number of carboxylic acid groups (broad SMARTS) is 1. The van der Waals surface area contributed by atoms with Gasteiger partial charge in [0.05, 0.1) is 18.6 Å². The Balaban J connectivity index is 2.13. The number of aryl methyl sites for hydroxylation is 1. The Bertz CT molecular complexity index is 1050. The lowest BCUT2D eigenvalue weighted by atomic mass is 9.75. The van der Waals surface area contributed by atoms with Crippen molar-refractivity contribution in [3.05, 3.63) is 40.5 Å². The highest BCUT2D eigenvalue weighted by Gasteiger charge is 2.47. The van der Waals surface area contributed by atoms with Gasteiger partial charge in [-0.25, -0.2) is 4.79 Å². The molecule has 1 aromatic carbocycles. The van der Waals surface area contributed by atoms with Crippen molar-refractivity contribution in [1.29, 1.82) is 0 Å². The van der Waals surface area contributed by atoms with Crippen molar-refractivity contribution in [3.63, 3.8) is 0 Å². The number of carbonyl (C=O) groups is 2. The molecule has 1 unspecified atom stereocenters. The fourth-order valence-electron chi connectivity index (χ4n) is 4.28. The molecule has 0 aliphatic carbocycles. The third kappa shape index (κ3) is 5.89. The number of allylic oxidation sites excluding steroid dienone is 1. The zero-order chi connectivity index (χ0) is 26.0. The molecule has 6 nitrogen and oxygen atoms in total. The maximum absolute atomic E-state index is 12.8. The molecule has 0 aromatic heterocycles. The molecule has 2 aliphatic heterocycles. The summed E-state index contributed by atoms with van der Waals surface area (Å²) in [5.41, 5.74) is 1.62. The minimum atomic E-state index is -4.48. The normalized spacial score (nSPS) is 19.5. The Morgan fingerprint density at radius 1 is 1.26 bits per heavy atom. The summed E-state index contributed by atoms with van der Waals surface area (Å²) in [5, 5.41) is 9.77. The van der Waals surface area contributed by atoms with Gasteiger partial charge in [0.2, 0.25) is 0 Å². The van der Waals surface area contributed by atoms with Gasteiger partial charge in [-0.2, -0.15) is 13.2 Å². The standard InChI is InChI=1S/C26H31F3O6/c1-5-7-8-20(30)19(24(31)32)10-18-15(3)17-9-16(6-2)21(34-14-26(27,28)29)11-22(17)35-23(18)25(4)12-33-13-25/h9-11,23H,5-8,12-14H2,1-4H3,(H,31,32)/b19-10+. The number of ketones is 1. The van der Waals surface area contributed by atoms with Crippen LogP contribution in [-0.2, 0) is 20.7 Å². The number of hydrogen-bond donors (Lipinski definition) is 1. The number of unbranched alkanes of at least 4 members (excludes halogenated alkanes) is 1. The van der Waals surface area contributed by atoms with E-state index in [2.05, 4.69) is 0 Å². The van der Waals surface area contributed by atoms with Crippen molar-refractivity contribution < 1.29 is 42.1 Å². The van der Waals surface area contributed by atoms with E-state index in [0.29, 0.717) is 54.1 Å². The highest BCUT2D eigenvalue weighted by Crippen LogP contribution is 2.47. The maximum atomic E-state index is 12.8. The zero-order valence-corrected chi connectivity index (χ0v) is 20.4. The largest absolute Gasteiger partial charge is 0.484 e. The second kappa shape index (κ2) is 10.4. The van der Waals surface area contributed by atoms with Crippen LogP contribution in [0.3, 0.4) is 0 Å². The molecule has 1 fully saturated rings. The SMILES string of the molecule is CCCCC(=O)/C(=C\C1=C(C)c2cc(CC)c(OCC(F)(F)F)cc2OC1C1(C)COC1)C(=O)O. The number of hydrogen-bond acceptors (Lipinski definition) is 5. The Morgan fingerprint density at radius 2 is 1.94 bits per heavy atom. The second-order valence-corrected chi connectivity index (χ2v) is 9.33. The number of ether oxygens (including phenoxy) is 3. The fourth-order valence-corrected chi connectivity index (χ4v) is 4.28. The molecular formula is C26H31F3O6. The monoisotopic (exact) mass is 496 g/mol. The number of halogens is 3. The number of aliphatic carboxylic acids is 1. The van der Waals surface area contributed by atoms with Gasteiger partial charge in [-0.3, -0.25) is 4.79 Å². The molecule has 35 heavy (non-hydrogen) atoms. The zero-order valence-electron chi connectivity index (χ0n) is 20.4. The quantitative estimate of drug-likeness (QED) is 0.261. The number of carboxylic acids is 1. The van der Waals surface area contributed by atoms with Crippen LogP contribution in [0.1, 0.15) is 58.1 Å². The molecule has 1 atom stereocenters. The average molecular weight is 497 g/mol. The van der Waals surface area contributed by atoms with E-state index in [0.717, 1.165) is 6.42 Å². The average Bonchev–Trinajstić information content (AvgIpc) is 2.77. The first-order chi connectivity index (χ1) is 16.4. The van der Waals surface area contributed by atoms with Gasteiger partial charge in [-0.1, -0.05) is 27.2 Å². The molecule has 192 valence electrons. The van der Waals surface area contributed by atoms with Crippen LogP contribution in [0.25, 0.3) is 5.57 Å². The van der Waals surface area contributed by atoms with Crippen molar-refractivity contribution in [2.45, 2.75) is 65.7 Å². The van der Waals surface area contributed by atoms with E-state index in [9.17, 15) is 27.9 Å². The number of Topliss-reactive ketones (excluding diaryl/α,β-unsaturated/α-hetero) is 1. The van der Waals surface area contributed by atoms with E-state index in [1.807, 2.05) is 13.8 Å². The first kappa shape index (κ1) is 26.8. The lowest BCUT2D eigenvalue weighted by Crippen LogP contribution is -2.53. The molecule has 2 aliphatic rings. The van der Waals surface area contributed by atoms with Crippen LogP contribution in [0, 0.1) is 5.41 Å². The molecule has 1 saturated heterocycles. The van der Waals surface area contributed by atoms with Crippen LogP contribution in [0.5, 0.6) is 11.5 Å². The smallest absolute Gasteiger partial charge is 0.422 e. The second-order valence-electron chi connectivity index (χ2n) is 9.33. The van der Waals surface area contributed by atoms with E-state index in [1.54, 1.807) is 19.9 Å². The Hall–Kier alpha value is -2.81. The Labute approximate surface area is 202 Å². The molecule has 9 heteroatoms. The van der Waals surface area contributed by atoms with Crippen molar-refractivity contribution in [1.82, 2.24) is 0 Å². The minimum Gasteiger partial charge on any atom is -0.484 e. The van der Waals surface area contributed by atoms with Gasteiger partial charge in [0.1, 0.15) is 23.2 Å². The molecule has 0 radical (unpaired) electrons. The number of alkyl halides is 3. The molecule has 2 heterocycles. The summed E-state index contributed by atoms with van der Waals surface area (Å²) >= 11 is 0. The Morgan fingerprint density at radius 3 is 2.46 bits per heavy atom. The highest BCUT2D eigenvalue weighted by molar-refractivity contribution is 6.17. The highest BCUT2D eigenvalue weighted by atomic mass is 19.4. The van der Waals surface area contributed by atoms with E-state index >= 15 is 0 Å². The van der Waals surface area contributed by atoms with Crippen molar-refractivity contribution in [2.75, 3.05) is 19.8 Å². The van der Waals surface area contributed by atoms with E-state index < -0.39 is 36.1 Å². The molecule has 3 rings (SSSR count). The molecule has 0 bridgehead atoms. The van der Waals surface area contributed by atoms with Crippen LogP contribution in [0.15, 0.2) is 29.4 Å². The van der Waals surface area contributed by atoms with Crippen LogP contribution < -0.4 is 9.47 Å². The third-order valence-corrected chi connectivity index (χ3v) is 6.38. The minimum absolute atomic E-state index is 0.0881. The van der Waals surface area contributed by atoms with Crippen LogP contribution in [0.4, 0.5) is 13.2 Å². The maximum Gasteiger partial charge on any atom is 0.422 e. The first-order valence-electron chi connectivity index (χ1n) is 11.7. The van der Waals surface area contributed by atoms with E-state index in [4.69, 9.17) is 14.2 Å². The summed E-state index contributed by atoms with van der Waals surface area (Å²) in [6.07, 6.45) is -1.85. The topological polar surface area (TPSA) is 82.1 Å². The summed E-state index contributed by atoms with van der Waals surface area (Å²) in [5.74, 6) is -1.33. The molecule has 1 aromatic rings. The van der Waals surface area contributed by atoms with E-state index in [-0.39, 0.29) is 17.7 Å². The molecular weight excluding hydrogens is 465 g/mol. The summed E-state index contributed by atoms with van der Waals surface area (Å²) in [6, 6.07) is 3.17. The molecule has 0 amide bonds. The van der Waals surface area contributed by atoms with Crippen LogP contribution >= 0.6 is 0 Å². The summed E-state index contributed by atoms with van der Waals surface area (Å²) in [6.45, 7) is 6.74. The van der Waals surface area contributed by atoms with Crippen molar-refractivity contribution in [2.24, 2.45) is 5.41 Å².